The Kier molecular flexibility index (Phi) is 5.94. The van der Waals surface area contributed by atoms with Gasteiger partial charge in [-0.25, -0.2) is 9.89 Å². The summed E-state index contributed by atoms with van der Waals surface area (Å²) in [5.41, 5.74) is 4.63. The molecule has 0 saturated heterocycles. The van der Waals surface area contributed by atoms with E-state index in [1.165, 1.54) is 4.68 Å². The summed E-state index contributed by atoms with van der Waals surface area (Å²) in [4.78, 5) is 13.2. The van der Waals surface area contributed by atoms with E-state index in [0.717, 1.165) is 34.4 Å². The van der Waals surface area contributed by atoms with Gasteiger partial charge in [0.1, 0.15) is 0 Å². The third-order valence-corrected chi connectivity index (χ3v) is 5.50. The molecule has 2 heterocycles. The van der Waals surface area contributed by atoms with Crippen molar-refractivity contribution >= 4 is 6.08 Å². The molecule has 0 radical (unpaired) electrons. The Hall–Kier alpha value is -4.59. The number of benzene rings is 3. The summed E-state index contributed by atoms with van der Waals surface area (Å²) < 4.78 is 3.15. The number of rotatable bonds is 7. The molecule has 2 aromatic heterocycles. The largest absolute Gasteiger partial charge is 0.351 e. The van der Waals surface area contributed by atoms with Gasteiger partial charge in [0.05, 0.1) is 12.2 Å². The Balaban J connectivity index is 1.44. The van der Waals surface area contributed by atoms with Crippen LogP contribution in [0, 0.1) is 0 Å². The standard InChI is InChI=1S/C26H23N7O/c1-2-3-12-24-29-33(23-10-5-4-6-11-23)26(34)32(24)18-19-13-15-20(16-14-19)21-8-7-9-22(17-21)25-27-30-31-28-25/h3-17H,2,18H2,1H3,(H,27,28,30,31). The van der Waals surface area contributed by atoms with Crippen molar-refractivity contribution in [1.29, 1.82) is 0 Å². The molecule has 0 aliphatic rings. The number of para-hydroxylation sites is 1. The highest BCUT2D eigenvalue weighted by molar-refractivity contribution is 5.70. The lowest BCUT2D eigenvalue weighted by Gasteiger charge is -2.07. The average molecular weight is 450 g/mol. The molecule has 8 heteroatoms. The number of hydrogen-bond acceptors (Lipinski definition) is 5. The maximum Gasteiger partial charge on any atom is 0.351 e. The number of aromatic nitrogens is 7. The molecule has 0 spiro atoms. The molecule has 0 aliphatic heterocycles. The number of aromatic amines is 1. The maximum absolute atomic E-state index is 13.2. The zero-order chi connectivity index (χ0) is 23.3. The van der Waals surface area contributed by atoms with Crippen molar-refractivity contribution in [2.45, 2.75) is 19.9 Å². The normalized spacial score (nSPS) is 11.3. The predicted octanol–water partition coefficient (Wildman–Crippen LogP) is 4.35. The van der Waals surface area contributed by atoms with Gasteiger partial charge in [-0.3, -0.25) is 4.57 Å². The molecule has 8 nitrogen and oxygen atoms in total. The van der Waals surface area contributed by atoms with E-state index in [2.05, 4.69) is 44.8 Å². The van der Waals surface area contributed by atoms with Crippen LogP contribution in [0.25, 0.3) is 34.3 Å². The van der Waals surface area contributed by atoms with Crippen LogP contribution < -0.4 is 5.69 Å². The van der Waals surface area contributed by atoms with E-state index in [-0.39, 0.29) is 5.69 Å². The summed E-state index contributed by atoms with van der Waals surface area (Å²) in [6.07, 6.45) is 4.77. The van der Waals surface area contributed by atoms with Crippen molar-refractivity contribution < 1.29 is 0 Å². The Bertz CT molecular complexity index is 1460. The van der Waals surface area contributed by atoms with Crippen LogP contribution in [-0.4, -0.2) is 35.0 Å². The number of hydrogen-bond donors (Lipinski definition) is 1. The monoisotopic (exact) mass is 449 g/mol. The van der Waals surface area contributed by atoms with Crippen LogP contribution in [0.5, 0.6) is 0 Å². The van der Waals surface area contributed by atoms with Crippen molar-refractivity contribution in [3.8, 4) is 28.2 Å². The van der Waals surface area contributed by atoms with Gasteiger partial charge in [-0.05, 0) is 57.8 Å². The van der Waals surface area contributed by atoms with Crippen LogP contribution in [0.15, 0.2) is 89.7 Å². The van der Waals surface area contributed by atoms with E-state index >= 15 is 0 Å². The molecule has 1 N–H and O–H groups in total. The summed E-state index contributed by atoms with van der Waals surface area (Å²) in [6.45, 7) is 2.48. The van der Waals surface area contributed by atoms with E-state index in [1.54, 1.807) is 4.57 Å². The van der Waals surface area contributed by atoms with Crippen LogP contribution in [-0.2, 0) is 6.54 Å². The minimum absolute atomic E-state index is 0.167. The first-order valence-corrected chi connectivity index (χ1v) is 11.1. The van der Waals surface area contributed by atoms with Crippen LogP contribution >= 0.6 is 0 Å². The van der Waals surface area contributed by atoms with Gasteiger partial charge in [-0.15, -0.1) is 10.2 Å². The first-order valence-electron chi connectivity index (χ1n) is 11.1. The lowest BCUT2D eigenvalue weighted by atomic mass is 10.0. The number of tetrazole rings is 1. The third-order valence-electron chi connectivity index (χ3n) is 5.50. The van der Waals surface area contributed by atoms with Crippen molar-refractivity contribution in [2.24, 2.45) is 0 Å². The quantitative estimate of drug-likeness (QED) is 0.399. The lowest BCUT2D eigenvalue weighted by molar-refractivity contribution is 0.734. The van der Waals surface area contributed by atoms with Crippen molar-refractivity contribution in [3.05, 3.63) is 107 Å². The smallest absolute Gasteiger partial charge is 0.271 e. The van der Waals surface area contributed by atoms with Crippen LogP contribution in [0.2, 0.25) is 0 Å². The Morgan fingerprint density at radius 2 is 1.71 bits per heavy atom. The Labute approximate surface area is 196 Å². The molecule has 34 heavy (non-hydrogen) atoms. The zero-order valence-electron chi connectivity index (χ0n) is 18.7. The van der Waals surface area contributed by atoms with Crippen LogP contribution in [0.1, 0.15) is 24.7 Å². The summed E-state index contributed by atoms with van der Waals surface area (Å²) in [7, 11) is 0. The van der Waals surface area contributed by atoms with Gasteiger partial charge >= 0.3 is 5.69 Å². The average Bonchev–Trinajstić information content (AvgIpc) is 3.53. The predicted molar refractivity (Wildman–Crippen MR) is 131 cm³/mol. The van der Waals surface area contributed by atoms with Gasteiger partial charge in [-0.2, -0.15) is 4.68 Å². The fraction of sp³-hybridized carbons (Fsp3) is 0.115. The molecule has 0 fully saturated rings. The molecule has 5 rings (SSSR count). The highest BCUT2D eigenvalue weighted by Gasteiger charge is 2.13. The van der Waals surface area contributed by atoms with Crippen molar-refractivity contribution in [1.82, 2.24) is 35.0 Å². The van der Waals surface area contributed by atoms with E-state index in [4.69, 9.17) is 0 Å². The molecule has 0 saturated carbocycles. The Morgan fingerprint density at radius 1 is 0.912 bits per heavy atom. The topological polar surface area (TPSA) is 94.3 Å². The van der Waals surface area contributed by atoms with Crippen molar-refractivity contribution in [3.63, 3.8) is 0 Å². The number of H-pyrrole nitrogens is 1. The van der Waals surface area contributed by atoms with Gasteiger partial charge < -0.3 is 0 Å². The second kappa shape index (κ2) is 9.50. The van der Waals surface area contributed by atoms with E-state index in [1.807, 2.05) is 78.9 Å². The summed E-state index contributed by atoms with van der Waals surface area (Å²) >= 11 is 0. The molecule has 0 amide bonds. The van der Waals surface area contributed by atoms with Gasteiger partial charge in [0.15, 0.2) is 11.6 Å². The Morgan fingerprint density at radius 3 is 2.44 bits per heavy atom. The lowest BCUT2D eigenvalue weighted by Crippen LogP contribution is -2.24. The molecule has 168 valence electrons. The molecular weight excluding hydrogens is 426 g/mol. The van der Waals surface area contributed by atoms with E-state index < -0.39 is 0 Å². The maximum atomic E-state index is 13.2. The third kappa shape index (κ3) is 4.33. The summed E-state index contributed by atoms with van der Waals surface area (Å²) in [6, 6.07) is 25.7. The molecule has 0 atom stereocenters. The minimum atomic E-state index is -0.167. The highest BCUT2D eigenvalue weighted by Crippen LogP contribution is 2.24. The first-order chi connectivity index (χ1) is 16.7. The number of allylic oxidation sites excluding steroid dienone is 1. The van der Waals surface area contributed by atoms with Gasteiger partial charge in [-0.1, -0.05) is 73.7 Å². The highest BCUT2D eigenvalue weighted by atomic mass is 16.2. The van der Waals surface area contributed by atoms with Gasteiger partial charge in [0.25, 0.3) is 0 Å². The first kappa shape index (κ1) is 21.3. The second-order valence-corrected chi connectivity index (χ2v) is 7.81. The summed E-state index contributed by atoms with van der Waals surface area (Å²) in [5, 5.41) is 18.6. The molecule has 3 aromatic carbocycles. The van der Waals surface area contributed by atoms with E-state index in [9.17, 15) is 4.79 Å². The number of nitrogens with one attached hydrogen (secondary N) is 1. The zero-order valence-corrected chi connectivity index (χ0v) is 18.7. The molecule has 5 aromatic rings. The minimum Gasteiger partial charge on any atom is -0.271 e. The molecular formula is C26H23N7O. The molecule has 0 bridgehead atoms. The molecule has 0 aliphatic carbocycles. The van der Waals surface area contributed by atoms with Crippen LogP contribution in [0.4, 0.5) is 0 Å². The van der Waals surface area contributed by atoms with E-state index in [0.29, 0.717) is 18.2 Å². The number of nitrogens with zero attached hydrogens (tertiary/aromatic N) is 6. The van der Waals surface area contributed by atoms with Gasteiger partial charge in [0.2, 0.25) is 0 Å². The van der Waals surface area contributed by atoms with Crippen molar-refractivity contribution in [2.75, 3.05) is 0 Å². The van der Waals surface area contributed by atoms with Crippen LogP contribution in [0.3, 0.4) is 0 Å². The second-order valence-electron chi connectivity index (χ2n) is 7.81. The fourth-order valence-electron chi connectivity index (χ4n) is 3.76. The van der Waals surface area contributed by atoms with Gasteiger partial charge in [0, 0.05) is 5.56 Å². The SMILES string of the molecule is CCC=Cc1nn(-c2ccccc2)c(=O)n1Cc1ccc(-c2cccc(-c3nnn[nH]3)c2)cc1. The fourth-order valence-corrected chi connectivity index (χ4v) is 3.76. The summed E-state index contributed by atoms with van der Waals surface area (Å²) in [5.74, 6) is 1.26. The molecule has 0 unspecified atom stereocenters.